The molecule has 0 radical (unpaired) electrons. The Labute approximate surface area is 143 Å². The van der Waals surface area contributed by atoms with Crippen LogP contribution in [0.2, 0.25) is 0 Å². The number of carbonyl (C=O) groups is 1. The Kier molecular flexibility index (Phi) is 4.11. The molecule has 2 aromatic rings. The molecular weight excluding hydrogens is 296 g/mol. The zero-order valence-electron chi connectivity index (χ0n) is 14.2. The Morgan fingerprint density at radius 3 is 2.83 bits per heavy atom. The van der Waals surface area contributed by atoms with E-state index in [0.717, 1.165) is 24.9 Å². The number of aryl methyl sites for hydroxylation is 3. The first-order chi connectivity index (χ1) is 11.7. The fourth-order valence-corrected chi connectivity index (χ4v) is 4.18. The first kappa shape index (κ1) is 15.4. The molecule has 124 valence electrons. The SMILES string of the molecule is CN(CC(=O)Nc1ccc2c(c1)CCC2)[C@@H]1CCc2ccccc21. The van der Waals surface area contributed by atoms with Crippen molar-refractivity contribution in [1.82, 2.24) is 4.90 Å². The molecule has 0 saturated heterocycles. The minimum Gasteiger partial charge on any atom is -0.325 e. The summed E-state index contributed by atoms with van der Waals surface area (Å²) in [5, 5.41) is 3.07. The van der Waals surface area contributed by atoms with Gasteiger partial charge < -0.3 is 5.32 Å². The van der Waals surface area contributed by atoms with Crippen LogP contribution >= 0.6 is 0 Å². The number of amides is 1. The summed E-state index contributed by atoms with van der Waals surface area (Å²) in [5.74, 6) is 0.0693. The van der Waals surface area contributed by atoms with Gasteiger partial charge in [-0.1, -0.05) is 30.3 Å². The average molecular weight is 320 g/mol. The van der Waals surface area contributed by atoms with Crippen LogP contribution < -0.4 is 5.32 Å². The first-order valence-electron chi connectivity index (χ1n) is 8.90. The van der Waals surface area contributed by atoms with E-state index in [-0.39, 0.29) is 5.91 Å². The van der Waals surface area contributed by atoms with Gasteiger partial charge in [0.05, 0.1) is 6.54 Å². The van der Waals surface area contributed by atoms with Crippen LogP contribution in [0.3, 0.4) is 0 Å². The van der Waals surface area contributed by atoms with E-state index in [9.17, 15) is 4.79 Å². The monoisotopic (exact) mass is 320 g/mol. The van der Waals surface area contributed by atoms with Crippen molar-refractivity contribution in [3.8, 4) is 0 Å². The molecule has 0 unspecified atom stereocenters. The van der Waals surface area contributed by atoms with Gasteiger partial charge in [0.2, 0.25) is 5.91 Å². The van der Waals surface area contributed by atoms with Crippen molar-refractivity contribution in [2.45, 2.75) is 38.1 Å². The predicted octanol–water partition coefficient (Wildman–Crippen LogP) is 3.73. The van der Waals surface area contributed by atoms with Gasteiger partial charge in [0.15, 0.2) is 0 Å². The molecule has 0 heterocycles. The second kappa shape index (κ2) is 6.40. The topological polar surface area (TPSA) is 32.3 Å². The van der Waals surface area contributed by atoms with Gasteiger partial charge in [-0.2, -0.15) is 0 Å². The number of nitrogens with one attached hydrogen (secondary N) is 1. The van der Waals surface area contributed by atoms with Crippen molar-refractivity contribution in [3.63, 3.8) is 0 Å². The van der Waals surface area contributed by atoms with Crippen LogP contribution in [0.5, 0.6) is 0 Å². The number of anilines is 1. The van der Waals surface area contributed by atoms with Crippen molar-refractivity contribution >= 4 is 11.6 Å². The number of rotatable bonds is 4. The third-order valence-corrected chi connectivity index (χ3v) is 5.41. The van der Waals surface area contributed by atoms with Crippen LogP contribution in [-0.2, 0) is 24.1 Å². The van der Waals surface area contributed by atoms with Gasteiger partial charge >= 0.3 is 0 Å². The van der Waals surface area contributed by atoms with E-state index in [1.165, 1.54) is 35.1 Å². The molecule has 0 aromatic heterocycles. The molecule has 0 saturated carbocycles. The molecule has 0 bridgehead atoms. The smallest absolute Gasteiger partial charge is 0.238 e. The summed E-state index contributed by atoms with van der Waals surface area (Å²) in [6, 6.07) is 15.3. The lowest BCUT2D eigenvalue weighted by atomic mass is 10.1. The average Bonchev–Trinajstić information content (AvgIpc) is 3.20. The van der Waals surface area contributed by atoms with E-state index in [1.54, 1.807) is 0 Å². The molecule has 24 heavy (non-hydrogen) atoms. The molecule has 0 aliphatic heterocycles. The third kappa shape index (κ3) is 2.96. The molecular formula is C21H24N2O. The minimum atomic E-state index is 0.0693. The highest BCUT2D eigenvalue weighted by Crippen LogP contribution is 2.34. The molecule has 1 N–H and O–H groups in total. The first-order valence-corrected chi connectivity index (χ1v) is 8.90. The largest absolute Gasteiger partial charge is 0.325 e. The maximum Gasteiger partial charge on any atom is 0.238 e. The number of benzene rings is 2. The zero-order chi connectivity index (χ0) is 16.5. The van der Waals surface area contributed by atoms with E-state index >= 15 is 0 Å². The summed E-state index contributed by atoms with van der Waals surface area (Å²) in [5.41, 5.74) is 6.57. The van der Waals surface area contributed by atoms with Gasteiger partial charge in [0.25, 0.3) is 0 Å². The highest BCUT2D eigenvalue weighted by atomic mass is 16.2. The molecule has 1 atom stereocenters. The summed E-state index contributed by atoms with van der Waals surface area (Å²) >= 11 is 0. The standard InChI is InChI=1S/C21H24N2O/c1-23(20-12-10-16-5-2-3-8-19(16)20)14-21(24)22-18-11-9-15-6-4-7-17(15)13-18/h2-3,5,8-9,11,13,20H,4,6-7,10,12,14H2,1H3,(H,22,24)/t20-/m1/s1. The lowest BCUT2D eigenvalue weighted by Gasteiger charge is -2.24. The van der Waals surface area contributed by atoms with Crippen LogP contribution in [0.25, 0.3) is 0 Å². The third-order valence-electron chi connectivity index (χ3n) is 5.41. The number of nitrogens with zero attached hydrogens (tertiary/aromatic N) is 1. The second-order valence-corrected chi connectivity index (χ2v) is 7.05. The van der Waals surface area contributed by atoms with Gasteiger partial charge in [0, 0.05) is 11.7 Å². The predicted molar refractivity (Wildman–Crippen MR) is 97.2 cm³/mol. The van der Waals surface area contributed by atoms with Gasteiger partial charge in [-0.15, -0.1) is 0 Å². The van der Waals surface area contributed by atoms with Crippen LogP contribution in [0, 0.1) is 0 Å². The van der Waals surface area contributed by atoms with Crippen molar-refractivity contribution in [2.75, 3.05) is 18.9 Å². The van der Waals surface area contributed by atoms with E-state index in [1.807, 2.05) is 6.07 Å². The molecule has 2 aromatic carbocycles. The van der Waals surface area contributed by atoms with Gasteiger partial charge in [-0.25, -0.2) is 0 Å². The summed E-state index contributed by atoms with van der Waals surface area (Å²) in [7, 11) is 2.05. The maximum absolute atomic E-state index is 12.4. The maximum atomic E-state index is 12.4. The fourth-order valence-electron chi connectivity index (χ4n) is 4.18. The normalized spacial score (nSPS) is 18.5. The van der Waals surface area contributed by atoms with Crippen LogP contribution in [0.15, 0.2) is 42.5 Å². The quantitative estimate of drug-likeness (QED) is 0.931. The van der Waals surface area contributed by atoms with Crippen molar-refractivity contribution in [3.05, 3.63) is 64.7 Å². The van der Waals surface area contributed by atoms with Gasteiger partial charge in [0.1, 0.15) is 0 Å². The number of likely N-dealkylation sites (N-methyl/N-ethyl adjacent to an activating group) is 1. The summed E-state index contributed by atoms with van der Waals surface area (Å²) < 4.78 is 0. The lowest BCUT2D eigenvalue weighted by molar-refractivity contribution is -0.117. The Morgan fingerprint density at radius 1 is 1.08 bits per heavy atom. The molecule has 0 spiro atoms. The Hall–Kier alpha value is -2.13. The lowest BCUT2D eigenvalue weighted by Crippen LogP contribution is -2.32. The molecule has 2 aliphatic rings. The van der Waals surface area contributed by atoms with E-state index in [4.69, 9.17) is 0 Å². The van der Waals surface area contributed by atoms with E-state index < -0.39 is 0 Å². The Balaban J connectivity index is 1.39. The van der Waals surface area contributed by atoms with Crippen molar-refractivity contribution in [2.24, 2.45) is 0 Å². The van der Waals surface area contributed by atoms with Gasteiger partial charge in [-0.05, 0) is 73.5 Å². The van der Waals surface area contributed by atoms with Crippen molar-refractivity contribution < 1.29 is 4.79 Å². The van der Waals surface area contributed by atoms with E-state index in [0.29, 0.717) is 12.6 Å². The number of hydrogen-bond donors (Lipinski definition) is 1. The molecule has 2 aliphatic carbocycles. The number of fused-ring (bicyclic) bond motifs is 2. The summed E-state index contributed by atoms with van der Waals surface area (Å²) in [6.07, 6.45) is 5.75. The molecule has 3 nitrogen and oxygen atoms in total. The van der Waals surface area contributed by atoms with Crippen LogP contribution in [-0.4, -0.2) is 24.4 Å². The number of hydrogen-bond acceptors (Lipinski definition) is 2. The van der Waals surface area contributed by atoms with Crippen LogP contribution in [0.4, 0.5) is 5.69 Å². The second-order valence-electron chi connectivity index (χ2n) is 7.05. The van der Waals surface area contributed by atoms with E-state index in [2.05, 4.69) is 53.7 Å². The Morgan fingerprint density at radius 2 is 1.92 bits per heavy atom. The van der Waals surface area contributed by atoms with Crippen molar-refractivity contribution in [1.29, 1.82) is 0 Å². The molecule has 4 rings (SSSR count). The highest BCUT2D eigenvalue weighted by molar-refractivity contribution is 5.92. The minimum absolute atomic E-state index is 0.0693. The van der Waals surface area contributed by atoms with Gasteiger partial charge in [-0.3, -0.25) is 9.69 Å². The molecule has 1 amide bonds. The highest BCUT2D eigenvalue weighted by Gasteiger charge is 2.26. The molecule has 0 fully saturated rings. The summed E-state index contributed by atoms with van der Waals surface area (Å²) in [6.45, 7) is 0.427. The zero-order valence-corrected chi connectivity index (χ0v) is 14.2. The molecule has 3 heteroatoms. The Bertz CT molecular complexity index is 768. The van der Waals surface area contributed by atoms with Crippen LogP contribution in [0.1, 0.15) is 41.1 Å². The fraction of sp³-hybridized carbons (Fsp3) is 0.381. The summed E-state index contributed by atoms with van der Waals surface area (Å²) in [4.78, 5) is 14.6. The number of carbonyl (C=O) groups excluding carboxylic acids is 1.